The highest BCUT2D eigenvalue weighted by Gasteiger charge is 2.17. The minimum absolute atomic E-state index is 0.122. The number of carbonyl (C=O) groups excluding carboxylic acids is 1. The molecule has 1 amide bonds. The van der Waals surface area contributed by atoms with Gasteiger partial charge in [0.1, 0.15) is 0 Å². The van der Waals surface area contributed by atoms with Gasteiger partial charge in [-0.25, -0.2) is 0 Å². The molecule has 4 heteroatoms. The van der Waals surface area contributed by atoms with Gasteiger partial charge in [0.25, 0.3) is 5.91 Å². The van der Waals surface area contributed by atoms with E-state index in [0.29, 0.717) is 17.2 Å². The predicted molar refractivity (Wildman–Crippen MR) is 114 cm³/mol. The van der Waals surface area contributed by atoms with E-state index in [1.54, 1.807) is 6.07 Å². The third-order valence-corrected chi connectivity index (χ3v) is 4.63. The molecule has 3 aromatic carbocycles. The average molecular weight is 361 g/mol. The van der Waals surface area contributed by atoms with Gasteiger partial charge in [0.2, 0.25) is 0 Å². The first kappa shape index (κ1) is 18.8. The van der Waals surface area contributed by atoms with Crippen LogP contribution in [0.1, 0.15) is 42.7 Å². The summed E-state index contributed by atoms with van der Waals surface area (Å²) in [7, 11) is 0. The zero-order valence-electron chi connectivity index (χ0n) is 16.1. The number of benzene rings is 3. The zero-order chi connectivity index (χ0) is 19.4. The van der Waals surface area contributed by atoms with Crippen molar-refractivity contribution in [2.45, 2.75) is 26.8 Å². The highest BCUT2D eigenvalue weighted by Crippen LogP contribution is 2.25. The fraction of sp³-hybridized carbons (Fsp3) is 0.261. The molecule has 0 spiro atoms. The smallest absolute Gasteiger partial charge is 0.253 e. The van der Waals surface area contributed by atoms with E-state index >= 15 is 0 Å². The van der Waals surface area contributed by atoms with E-state index in [1.165, 1.54) is 5.39 Å². The summed E-state index contributed by atoms with van der Waals surface area (Å²) >= 11 is 0. The average Bonchev–Trinajstić information content (AvgIpc) is 2.66. The second-order valence-corrected chi connectivity index (χ2v) is 7.34. The Morgan fingerprint density at radius 2 is 1.74 bits per heavy atom. The van der Waals surface area contributed by atoms with Crippen molar-refractivity contribution in [3.05, 3.63) is 71.8 Å². The highest BCUT2D eigenvalue weighted by atomic mass is 16.1. The SMILES string of the molecule is CC(C)CNc1ccc(N)cc1C(=O)N[C@H](C)c1cccc2ccccc12. The van der Waals surface area contributed by atoms with Gasteiger partial charge in [-0.1, -0.05) is 56.3 Å². The van der Waals surface area contributed by atoms with Crippen LogP contribution in [-0.2, 0) is 0 Å². The molecule has 0 aromatic heterocycles. The van der Waals surface area contributed by atoms with Crippen molar-refractivity contribution in [3.8, 4) is 0 Å². The molecule has 0 radical (unpaired) electrons. The maximum absolute atomic E-state index is 13.0. The van der Waals surface area contributed by atoms with Gasteiger partial charge in [0, 0.05) is 17.9 Å². The minimum atomic E-state index is -0.131. The minimum Gasteiger partial charge on any atom is -0.399 e. The summed E-state index contributed by atoms with van der Waals surface area (Å²) in [5, 5.41) is 8.79. The standard InChI is InChI=1S/C23H27N3O/c1-15(2)14-25-22-12-11-18(24)13-21(22)23(27)26-16(3)19-10-6-8-17-7-4-5-9-20(17)19/h4-13,15-16,25H,14,24H2,1-3H3,(H,26,27)/t16-/m1/s1. The lowest BCUT2D eigenvalue weighted by Gasteiger charge is -2.19. The van der Waals surface area contributed by atoms with E-state index in [2.05, 4.69) is 48.7 Å². The van der Waals surface area contributed by atoms with Gasteiger partial charge in [-0.3, -0.25) is 4.79 Å². The molecule has 27 heavy (non-hydrogen) atoms. The number of fused-ring (bicyclic) bond motifs is 1. The van der Waals surface area contributed by atoms with Gasteiger partial charge in [0.05, 0.1) is 11.6 Å². The quantitative estimate of drug-likeness (QED) is 0.542. The first-order valence-electron chi connectivity index (χ1n) is 9.37. The van der Waals surface area contributed by atoms with Crippen molar-refractivity contribution in [2.24, 2.45) is 5.92 Å². The Hall–Kier alpha value is -3.01. The molecule has 0 unspecified atom stereocenters. The molecule has 4 N–H and O–H groups in total. The summed E-state index contributed by atoms with van der Waals surface area (Å²) in [6.07, 6.45) is 0. The summed E-state index contributed by atoms with van der Waals surface area (Å²) in [6.45, 7) is 7.07. The molecule has 0 aliphatic carbocycles. The van der Waals surface area contributed by atoms with E-state index in [-0.39, 0.29) is 11.9 Å². The Balaban J connectivity index is 1.85. The van der Waals surface area contributed by atoms with Crippen molar-refractivity contribution in [1.29, 1.82) is 0 Å². The molecular weight excluding hydrogens is 334 g/mol. The lowest BCUT2D eigenvalue weighted by molar-refractivity contribution is 0.0941. The highest BCUT2D eigenvalue weighted by molar-refractivity contribution is 6.01. The topological polar surface area (TPSA) is 67.1 Å². The van der Waals surface area contributed by atoms with Crippen LogP contribution in [0.5, 0.6) is 0 Å². The van der Waals surface area contributed by atoms with Gasteiger partial charge < -0.3 is 16.4 Å². The molecule has 0 aliphatic heterocycles. The van der Waals surface area contributed by atoms with Crippen molar-refractivity contribution in [2.75, 3.05) is 17.6 Å². The van der Waals surface area contributed by atoms with Crippen molar-refractivity contribution in [1.82, 2.24) is 5.32 Å². The Morgan fingerprint density at radius 1 is 1.00 bits per heavy atom. The van der Waals surface area contributed by atoms with Gasteiger partial charge in [-0.2, -0.15) is 0 Å². The molecule has 0 fully saturated rings. The predicted octanol–water partition coefficient (Wildman–Crippen LogP) is 4.98. The van der Waals surface area contributed by atoms with Gasteiger partial charge in [-0.15, -0.1) is 0 Å². The van der Waals surface area contributed by atoms with Gasteiger partial charge in [0.15, 0.2) is 0 Å². The number of anilines is 2. The fourth-order valence-corrected chi connectivity index (χ4v) is 3.20. The molecular formula is C23H27N3O. The summed E-state index contributed by atoms with van der Waals surface area (Å²) in [5.74, 6) is 0.349. The number of hydrogen-bond acceptors (Lipinski definition) is 3. The van der Waals surface area contributed by atoms with Gasteiger partial charge in [-0.05, 0) is 47.4 Å². The van der Waals surface area contributed by atoms with Crippen LogP contribution >= 0.6 is 0 Å². The van der Waals surface area contributed by atoms with E-state index in [1.807, 2.05) is 37.3 Å². The largest absolute Gasteiger partial charge is 0.399 e. The third-order valence-electron chi connectivity index (χ3n) is 4.63. The van der Waals surface area contributed by atoms with Crippen LogP contribution in [-0.4, -0.2) is 12.5 Å². The molecule has 0 saturated heterocycles. The lowest BCUT2D eigenvalue weighted by Crippen LogP contribution is -2.28. The second kappa shape index (κ2) is 8.12. The summed E-state index contributed by atoms with van der Waals surface area (Å²) in [4.78, 5) is 13.0. The Labute approximate surface area is 160 Å². The van der Waals surface area contributed by atoms with Crippen molar-refractivity contribution >= 4 is 28.1 Å². The van der Waals surface area contributed by atoms with E-state index in [4.69, 9.17) is 5.73 Å². The molecule has 4 nitrogen and oxygen atoms in total. The summed E-state index contributed by atoms with van der Waals surface area (Å²) in [6, 6.07) is 19.7. The summed E-state index contributed by atoms with van der Waals surface area (Å²) < 4.78 is 0. The third kappa shape index (κ3) is 4.40. The normalized spacial score (nSPS) is 12.1. The second-order valence-electron chi connectivity index (χ2n) is 7.34. The van der Waals surface area contributed by atoms with Crippen LogP contribution < -0.4 is 16.4 Å². The summed E-state index contributed by atoms with van der Waals surface area (Å²) in [5.41, 5.74) is 8.98. The number of rotatable bonds is 6. The molecule has 1 atom stereocenters. The van der Waals surface area contributed by atoms with Crippen molar-refractivity contribution in [3.63, 3.8) is 0 Å². The van der Waals surface area contributed by atoms with Crippen molar-refractivity contribution < 1.29 is 4.79 Å². The number of nitrogen functional groups attached to an aromatic ring is 1. The molecule has 0 saturated carbocycles. The van der Waals surface area contributed by atoms with E-state index in [9.17, 15) is 4.79 Å². The first-order valence-corrected chi connectivity index (χ1v) is 9.37. The molecule has 140 valence electrons. The van der Waals surface area contributed by atoms with E-state index in [0.717, 1.165) is 23.2 Å². The Bertz CT molecular complexity index is 944. The van der Waals surface area contributed by atoms with Crippen LogP contribution in [0.4, 0.5) is 11.4 Å². The zero-order valence-corrected chi connectivity index (χ0v) is 16.1. The first-order chi connectivity index (χ1) is 13.0. The molecule has 0 aliphatic rings. The van der Waals surface area contributed by atoms with E-state index < -0.39 is 0 Å². The Kier molecular flexibility index (Phi) is 5.65. The van der Waals surface area contributed by atoms with Crippen LogP contribution in [0.15, 0.2) is 60.7 Å². The van der Waals surface area contributed by atoms with Crippen LogP contribution in [0.3, 0.4) is 0 Å². The maximum Gasteiger partial charge on any atom is 0.253 e. The number of nitrogens with two attached hydrogens (primary N) is 1. The number of carbonyl (C=O) groups is 1. The maximum atomic E-state index is 13.0. The molecule has 3 aromatic rings. The lowest BCUT2D eigenvalue weighted by atomic mass is 9.99. The number of nitrogens with one attached hydrogen (secondary N) is 2. The van der Waals surface area contributed by atoms with Gasteiger partial charge >= 0.3 is 0 Å². The molecule has 0 heterocycles. The number of hydrogen-bond donors (Lipinski definition) is 3. The molecule has 3 rings (SSSR count). The van der Waals surface area contributed by atoms with Crippen LogP contribution in [0, 0.1) is 5.92 Å². The molecule has 0 bridgehead atoms. The fourth-order valence-electron chi connectivity index (χ4n) is 3.20. The Morgan fingerprint density at radius 3 is 2.52 bits per heavy atom. The number of amides is 1. The van der Waals surface area contributed by atoms with Crippen LogP contribution in [0.25, 0.3) is 10.8 Å². The monoisotopic (exact) mass is 361 g/mol. The van der Waals surface area contributed by atoms with Crippen LogP contribution in [0.2, 0.25) is 0 Å².